The molecular formula is C11H13BrFNO5S. The third-order valence-electron chi connectivity index (χ3n) is 2.20. The van der Waals surface area contributed by atoms with Crippen LogP contribution in [0.1, 0.15) is 17.3 Å². The molecule has 0 fully saturated rings. The fourth-order valence-corrected chi connectivity index (χ4v) is 2.85. The van der Waals surface area contributed by atoms with E-state index in [1.54, 1.807) is 6.92 Å². The number of sulfonamides is 1. The van der Waals surface area contributed by atoms with Gasteiger partial charge in [0.15, 0.2) is 0 Å². The number of benzene rings is 1. The second-order valence-corrected chi connectivity index (χ2v) is 5.97. The van der Waals surface area contributed by atoms with Crippen LogP contribution in [0.15, 0.2) is 21.5 Å². The van der Waals surface area contributed by atoms with Crippen molar-refractivity contribution in [3.63, 3.8) is 0 Å². The van der Waals surface area contributed by atoms with Crippen LogP contribution in [0.2, 0.25) is 0 Å². The Morgan fingerprint density at radius 3 is 2.60 bits per heavy atom. The van der Waals surface area contributed by atoms with Crippen molar-refractivity contribution in [2.45, 2.75) is 11.8 Å². The van der Waals surface area contributed by atoms with Gasteiger partial charge in [-0.1, -0.05) is 0 Å². The summed E-state index contributed by atoms with van der Waals surface area (Å²) in [5.41, 5.74) is -0.244. The number of nitrogens with two attached hydrogens (primary N) is 1. The van der Waals surface area contributed by atoms with Crippen LogP contribution in [-0.4, -0.2) is 34.2 Å². The molecule has 0 aliphatic carbocycles. The highest BCUT2D eigenvalue weighted by Crippen LogP contribution is 2.26. The van der Waals surface area contributed by atoms with Gasteiger partial charge in [0.25, 0.3) is 0 Å². The first-order valence-electron chi connectivity index (χ1n) is 5.54. The standard InChI is InChI=1S/C11H13BrFNO5S/c1-2-18-3-4-19-11(15)7-5-8(13)10(12)9(6-7)20(14,16)17/h5-6H,2-4H2,1H3,(H2,14,16,17). The van der Waals surface area contributed by atoms with Gasteiger partial charge in [0.2, 0.25) is 10.0 Å². The van der Waals surface area contributed by atoms with Crippen LogP contribution >= 0.6 is 15.9 Å². The number of carbonyl (C=O) groups is 1. The van der Waals surface area contributed by atoms with Gasteiger partial charge in [-0.3, -0.25) is 0 Å². The maximum Gasteiger partial charge on any atom is 0.338 e. The molecule has 2 N–H and O–H groups in total. The average molecular weight is 370 g/mol. The molecule has 0 saturated heterocycles. The van der Waals surface area contributed by atoms with E-state index in [-0.39, 0.29) is 23.2 Å². The van der Waals surface area contributed by atoms with E-state index in [1.807, 2.05) is 0 Å². The summed E-state index contributed by atoms with van der Waals surface area (Å²) in [7, 11) is -4.16. The molecule has 0 spiro atoms. The van der Waals surface area contributed by atoms with E-state index in [0.29, 0.717) is 6.61 Å². The second-order valence-electron chi connectivity index (χ2n) is 3.65. The lowest BCUT2D eigenvalue weighted by atomic mass is 10.2. The van der Waals surface area contributed by atoms with Gasteiger partial charge >= 0.3 is 5.97 Å². The summed E-state index contributed by atoms with van der Waals surface area (Å²) in [6.07, 6.45) is 0. The second kappa shape index (κ2) is 7.11. The summed E-state index contributed by atoms with van der Waals surface area (Å²) >= 11 is 2.77. The van der Waals surface area contributed by atoms with Gasteiger partial charge in [0, 0.05) is 6.61 Å². The fraction of sp³-hybridized carbons (Fsp3) is 0.364. The van der Waals surface area contributed by atoms with Gasteiger partial charge in [0.1, 0.15) is 12.4 Å². The van der Waals surface area contributed by atoms with Crippen LogP contribution in [-0.2, 0) is 19.5 Å². The Bertz CT molecular complexity index is 605. The molecule has 1 rings (SSSR count). The molecular weight excluding hydrogens is 357 g/mol. The van der Waals surface area contributed by atoms with E-state index in [1.165, 1.54) is 0 Å². The summed E-state index contributed by atoms with van der Waals surface area (Å²) in [5, 5.41) is 4.94. The van der Waals surface area contributed by atoms with Crippen molar-refractivity contribution in [2.24, 2.45) is 5.14 Å². The monoisotopic (exact) mass is 369 g/mol. The van der Waals surface area contributed by atoms with E-state index >= 15 is 0 Å². The van der Waals surface area contributed by atoms with Crippen LogP contribution in [0.4, 0.5) is 4.39 Å². The van der Waals surface area contributed by atoms with Gasteiger partial charge in [0.05, 0.1) is 21.5 Å². The third kappa shape index (κ3) is 4.51. The minimum Gasteiger partial charge on any atom is -0.460 e. The molecule has 1 aromatic rings. The van der Waals surface area contributed by atoms with Crippen molar-refractivity contribution < 1.29 is 27.1 Å². The van der Waals surface area contributed by atoms with Crippen LogP contribution in [0.3, 0.4) is 0 Å². The van der Waals surface area contributed by atoms with E-state index in [9.17, 15) is 17.6 Å². The van der Waals surface area contributed by atoms with Crippen LogP contribution in [0, 0.1) is 5.82 Å². The molecule has 0 aliphatic rings. The summed E-state index contributed by atoms with van der Waals surface area (Å²) in [6, 6.07) is 1.81. The third-order valence-corrected chi connectivity index (χ3v) is 4.21. The summed E-state index contributed by atoms with van der Waals surface area (Å²) in [5.74, 6) is -1.78. The lowest BCUT2D eigenvalue weighted by Crippen LogP contribution is -2.16. The Labute approximate surface area is 124 Å². The molecule has 0 radical (unpaired) electrons. The minimum atomic E-state index is -4.16. The van der Waals surface area contributed by atoms with Gasteiger partial charge in [-0.2, -0.15) is 0 Å². The van der Waals surface area contributed by atoms with Crippen molar-refractivity contribution in [3.8, 4) is 0 Å². The normalized spacial score (nSPS) is 11.4. The highest BCUT2D eigenvalue weighted by Gasteiger charge is 2.20. The Balaban J connectivity index is 2.97. The SMILES string of the molecule is CCOCCOC(=O)c1cc(F)c(Br)c(S(N)(=O)=O)c1. The number of rotatable bonds is 6. The number of halogens is 2. The first kappa shape index (κ1) is 17.0. The summed E-state index contributed by atoms with van der Waals surface area (Å²) in [4.78, 5) is 11.1. The predicted octanol–water partition coefficient (Wildman–Crippen LogP) is 1.43. The minimum absolute atomic E-state index is 0.0188. The van der Waals surface area contributed by atoms with Crippen molar-refractivity contribution in [2.75, 3.05) is 19.8 Å². The Morgan fingerprint density at radius 1 is 1.40 bits per heavy atom. The smallest absolute Gasteiger partial charge is 0.338 e. The molecule has 0 heterocycles. The molecule has 112 valence electrons. The molecule has 1 aromatic carbocycles. The maximum atomic E-state index is 13.6. The number of primary sulfonamides is 1. The number of hydrogen-bond acceptors (Lipinski definition) is 5. The van der Waals surface area contributed by atoms with Crippen LogP contribution < -0.4 is 5.14 Å². The van der Waals surface area contributed by atoms with Crippen LogP contribution in [0.5, 0.6) is 0 Å². The Kier molecular flexibility index (Phi) is 6.06. The fourth-order valence-electron chi connectivity index (χ4n) is 1.31. The zero-order valence-corrected chi connectivity index (χ0v) is 13.0. The molecule has 0 amide bonds. The van der Waals surface area contributed by atoms with Gasteiger partial charge in [-0.15, -0.1) is 0 Å². The number of carbonyl (C=O) groups excluding carboxylic acids is 1. The summed E-state index contributed by atoms with van der Waals surface area (Å²) in [6.45, 7) is 2.43. The number of hydrogen-bond donors (Lipinski definition) is 1. The Morgan fingerprint density at radius 2 is 2.05 bits per heavy atom. The topological polar surface area (TPSA) is 95.7 Å². The first-order valence-corrected chi connectivity index (χ1v) is 7.88. The van der Waals surface area contributed by atoms with E-state index in [0.717, 1.165) is 12.1 Å². The number of ether oxygens (including phenoxy) is 2. The molecule has 0 unspecified atom stereocenters. The molecule has 0 atom stereocenters. The van der Waals surface area contributed by atoms with Crippen molar-refractivity contribution in [1.82, 2.24) is 0 Å². The summed E-state index contributed by atoms with van der Waals surface area (Å²) < 4.78 is 45.6. The first-order chi connectivity index (χ1) is 9.27. The van der Waals surface area contributed by atoms with Crippen LogP contribution in [0.25, 0.3) is 0 Å². The van der Waals surface area contributed by atoms with Crippen molar-refractivity contribution >= 4 is 31.9 Å². The highest BCUT2D eigenvalue weighted by molar-refractivity contribution is 9.10. The zero-order valence-electron chi connectivity index (χ0n) is 10.6. The van der Waals surface area contributed by atoms with Crippen molar-refractivity contribution in [3.05, 3.63) is 28.0 Å². The maximum absolute atomic E-state index is 13.6. The van der Waals surface area contributed by atoms with E-state index in [4.69, 9.17) is 14.6 Å². The molecule has 0 aromatic heterocycles. The highest BCUT2D eigenvalue weighted by atomic mass is 79.9. The van der Waals surface area contributed by atoms with Gasteiger partial charge in [-0.05, 0) is 35.0 Å². The molecule has 0 bridgehead atoms. The van der Waals surface area contributed by atoms with Crippen molar-refractivity contribution in [1.29, 1.82) is 0 Å². The average Bonchev–Trinajstić information content (AvgIpc) is 2.36. The van der Waals surface area contributed by atoms with Gasteiger partial charge in [-0.25, -0.2) is 22.7 Å². The Hall–Kier alpha value is -1.03. The largest absolute Gasteiger partial charge is 0.460 e. The molecule has 20 heavy (non-hydrogen) atoms. The molecule has 9 heteroatoms. The predicted molar refractivity (Wildman–Crippen MR) is 72.2 cm³/mol. The molecule has 0 saturated carbocycles. The lowest BCUT2D eigenvalue weighted by molar-refractivity contribution is 0.0334. The quantitative estimate of drug-likeness (QED) is 0.604. The molecule has 6 nitrogen and oxygen atoms in total. The zero-order chi connectivity index (χ0) is 15.3. The number of esters is 1. The lowest BCUT2D eigenvalue weighted by Gasteiger charge is -2.08. The van der Waals surface area contributed by atoms with Gasteiger partial charge < -0.3 is 9.47 Å². The molecule has 0 aliphatic heterocycles. The van der Waals surface area contributed by atoms with E-state index < -0.39 is 26.7 Å². The van der Waals surface area contributed by atoms with E-state index in [2.05, 4.69) is 15.9 Å².